The van der Waals surface area contributed by atoms with Crippen LogP contribution in [0.3, 0.4) is 0 Å². The zero-order valence-electron chi connectivity index (χ0n) is 15.2. The topological polar surface area (TPSA) is 101 Å². The van der Waals surface area contributed by atoms with Crippen LogP contribution in [0.25, 0.3) is 20.8 Å². The van der Waals surface area contributed by atoms with Gasteiger partial charge in [0.05, 0.1) is 28.4 Å². The minimum atomic E-state index is -0.160. The van der Waals surface area contributed by atoms with Crippen molar-refractivity contribution in [1.29, 1.82) is 0 Å². The van der Waals surface area contributed by atoms with Crippen molar-refractivity contribution < 1.29 is 14.6 Å². The Morgan fingerprint density at radius 1 is 1.24 bits per heavy atom. The average Bonchev–Trinajstić information content (AvgIpc) is 3.46. The van der Waals surface area contributed by atoms with Gasteiger partial charge in [-0.05, 0) is 18.2 Å². The molecule has 0 fully saturated rings. The van der Waals surface area contributed by atoms with Gasteiger partial charge in [-0.2, -0.15) is 5.10 Å². The van der Waals surface area contributed by atoms with Gasteiger partial charge in [0.25, 0.3) is 5.91 Å². The highest BCUT2D eigenvalue weighted by atomic mass is 32.1. The van der Waals surface area contributed by atoms with Crippen LogP contribution < -0.4 is 15.4 Å². The Hall–Kier alpha value is -2.95. The number of rotatable bonds is 6. The number of fused-ring (bicyclic) bond motifs is 2. The lowest BCUT2D eigenvalue weighted by Crippen LogP contribution is -2.09. The number of carbonyl (C=O) groups is 1. The molecule has 10 heteroatoms. The van der Waals surface area contributed by atoms with E-state index in [1.165, 1.54) is 22.7 Å². The first-order valence-corrected chi connectivity index (χ1v) is 10.7. The number of amides is 1. The summed E-state index contributed by atoms with van der Waals surface area (Å²) in [5, 5.41) is 20.1. The second-order valence-corrected chi connectivity index (χ2v) is 8.48. The third kappa shape index (κ3) is 3.57. The normalized spacial score (nSPS) is 12.7. The average molecular weight is 428 g/mol. The summed E-state index contributed by atoms with van der Waals surface area (Å²) in [4.78, 5) is 18.4. The summed E-state index contributed by atoms with van der Waals surface area (Å²) < 4.78 is 8.30. The number of anilines is 2. The van der Waals surface area contributed by atoms with Crippen LogP contribution in [0.15, 0.2) is 36.4 Å². The van der Waals surface area contributed by atoms with Crippen LogP contribution in [0.1, 0.15) is 9.67 Å². The van der Waals surface area contributed by atoms with Crippen LogP contribution in [0, 0.1) is 0 Å². The van der Waals surface area contributed by atoms with Gasteiger partial charge in [0, 0.05) is 23.9 Å². The van der Waals surface area contributed by atoms with Gasteiger partial charge in [0.1, 0.15) is 11.4 Å². The molecule has 3 N–H and O–H groups in total. The van der Waals surface area contributed by atoms with Crippen molar-refractivity contribution in [2.75, 3.05) is 30.4 Å². The number of aliphatic hydroxyl groups excluding tert-OH is 1. The number of benzene rings is 1. The lowest BCUT2D eigenvalue weighted by molar-refractivity contribution is 0.103. The zero-order chi connectivity index (χ0) is 19.8. The van der Waals surface area contributed by atoms with Crippen LogP contribution in [0.2, 0.25) is 0 Å². The number of ether oxygens (including phenoxy) is 1. The van der Waals surface area contributed by atoms with Crippen molar-refractivity contribution in [3.63, 3.8) is 0 Å². The largest absolute Gasteiger partial charge is 0.476 e. The molecule has 4 heterocycles. The summed E-state index contributed by atoms with van der Waals surface area (Å²) in [6.45, 7) is 1.95. The molecular weight excluding hydrogens is 410 g/mol. The van der Waals surface area contributed by atoms with E-state index in [0.29, 0.717) is 18.0 Å². The molecule has 0 atom stereocenters. The van der Waals surface area contributed by atoms with Crippen molar-refractivity contribution in [2.24, 2.45) is 0 Å². The second kappa shape index (κ2) is 7.47. The molecule has 3 aromatic heterocycles. The number of aromatic nitrogens is 3. The second-order valence-electron chi connectivity index (χ2n) is 6.42. The van der Waals surface area contributed by atoms with Crippen molar-refractivity contribution in [1.82, 2.24) is 14.8 Å². The first kappa shape index (κ1) is 18.1. The highest BCUT2D eigenvalue weighted by Crippen LogP contribution is 2.33. The summed E-state index contributed by atoms with van der Waals surface area (Å²) in [5.74, 6) is 0.630. The molecule has 0 bridgehead atoms. The summed E-state index contributed by atoms with van der Waals surface area (Å²) in [6, 6.07) is 11.4. The molecule has 1 aliphatic heterocycles. The maximum absolute atomic E-state index is 12.6. The van der Waals surface area contributed by atoms with Crippen molar-refractivity contribution in [3.05, 3.63) is 41.3 Å². The standard InChI is InChI=1S/C19H17N5O3S2/c25-7-5-20-19-22-18-15(29-19)10-14(28-18)17(26)21-12-3-1-11(2-4-12)13-9-16-24(23-13)6-8-27-16/h1-4,9-10,25H,5-8H2,(H,20,22)(H,21,26). The van der Waals surface area contributed by atoms with E-state index in [1.54, 1.807) is 0 Å². The molecule has 0 spiro atoms. The third-order valence-electron chi connectivity index (χ3n) is 4.44. The Labute approximate surface area is 173 Å². The van der Waals surface area contributed by atoms with E-state index >= 15 is 0 Å². The predicted molar refractivity (Wildman–Crippen MR) is 114 cm³/mol. The minimum absolute atomic E-state index is 0.0521. The monoisotopic (exact) mass is 427 g/mol. The molecule has 0 radical (unpaired) electrons. The van der Waals surface area contributed by atoms with Gasteiger partial charge in [0.15, 0.2) is 5.13 Å². The summed E-state index contributed by atoms with van der Waals surface area (Å²) in [6.07, 6.45) is 0. The lowest BCUT2D eigenvalue weighted by Gasteiger charge is -2.04. The Morgan fingerprint density at radius 2 is 2.10 bits per heavy atom. The first-order chi connectivity index (χ1) is 14.2. The fourth-order valence-electron chi connectivity index (χ4n) is 3.06. The molecule has 4 aromatic rings. The van der Waals surface area contributed by atoms with E-state index in [1.807, 2.05) is 41.1 Å². The summed E-state index contributed by atoms with van der Waals surface area (Å²) in [7, 11) is 0. The third-order valence-corrected chi connectivity index (χ3v) is 6.55. The van der Waals surface area contributed by atoms with Gasteiger partial charge in [-0.1, -0.05) is 23.5 Å². The lowest BCUT2D eigenvalue weighted by atomic mass is 10.1. The van der Waals surface area contributed by atoms with Gasteiger partial charge in [-0.25, -0.2) is 9.67 Å². The Bertz CT molecular complexity index is 1130. The van der Waals surface area contributed by atoms with E-state index < -0.39 is 0 Å². The van der Waals surface area contributed by atoms with Gasteiger partial charge < -0.3 is 20.5 Å². The van der Waals surface area contributed by atoms with Gasteiger partial charge >= 0.3 is 0 Å². The smallest absolute Gasteiger partial charge is 0.265 e. The van der Waals surface area contributed by atoms with E-state index in [2.05, 4.69) is 20.7 Å². The molecular formula is C19H17N5O3S2. The van der Waals surface area contributed by atoms with E-state index in [9.17, 15) is 4.79 Å². The fraction of sp³-hybridized carbons (Fsp3) is 0.211. The molecule has 0 saturated heterocycles. The Balaban J connectivity index is 1.27. The van der Waals surface area contributed by atoms with Gasteiger partial charge in [-0.3, -0.25) is 4.79 Å². The zero-order valence-corrected chi connectivity index (χ0v) is 16.8. The quantitative estimate of drug-likeness (QED) is 0.437. The first-order valence-electron chi connectivity index (χ1n) is 9.07. The van der Waals surface area contributed by atoms with Crippen LogP contribution in [0.4, 0.5) is 10.8 Å². The molecule has 1 amide bonds. The number of hydrogen-bond donors (Lipinski definition) is 3. The molecule has 148 valence electrons. The molecule has 29 heavy (non-hydrogen) atoms. The number of carbonyl (C=O) groups excluding carboxylic acids is 1. The maximum atomic E-state index is 12.6. The van der Waals surface area contributed by atoms with E-state index in [0.717, 1.165) is 44.0 Å². The number of thiazole rings is 1. The molecule has 5 rings (SSSR count). The number of aliphatic hydroxyl groups is 1. The number of thiophene rings is 1. The highest BCUT2D eigenvalue weighted by molar-refractivity contribution is 7.29. The maximum Gasteiger partial charge on any atom is 0.265 e. The van der Waals surface area contributed by atoms with Crippen LogP contribution >= 0.6 is 22.7 Å². The molecule has 8 nitrogen and oxygen atoms in total. The Morgan fingerprint density at radius 3 is 2.86 bits per heavy atom. The molecule has 0 aliphatic carbocycles. The number of nitrogens with one attached hydrogen (secondary N) is 2. The number of hydrogen-bond acceptors (Lipinski definition) is 8. The van der Waals surface area contributed by atoms with Crippen LogP contribution in [-0.2, 0) is 6.54 Å². The van der Waals surface area contributed by atoms with Crippen LogP contribution in [0.5, 0.6) is 5.88 Å². The SMILES string of the molecule is O=C(Nc1ccc(-c2cc3n(n2)CCO3)cc1)c1cc2sc(NCCO)nc2s1. The van der Waals surface area contributed by atoms with Crippen molar-refractivity contribution in [3.8, 4) is 17.1 Å². The van der Waals surface area contributed by atoms with Gasteiger partial charge in [0.2, 0.25) is 5.88 Å². The summed E-state index contributed by atoms with van der Waals surface area (Å²) in [5.41, 5.74) is 2.54. The Kier molecular flexibility index (Phi) is 4.66. The van der Waals surface area contributed by atoms with E-state index in [4.69, 9.17) is 9.84 Å². The van der Waals surface area contributed by atoms with Gasteiger partial charge in [-0.15, -0.1) is 11.3 Å². The fourth-order valence-corrected chi connectivity index (χ4v) is 5.09. The van der Waals surface area contributed by atoms with E-state index in [-0.39, 0.29) is 12.5 Å². The predicted octanol–water partition coefficient (Wildman–Crippen LogP) is 3.27. The molecule has 1 aromatic carbocycles. The number of nitrogens with zero attached hydrogens (tertiary/aromatic N) is 3. The minimum Gasteiger partial charge on any atom is -0.476 e. The highest BCUT2D eigenvalue weighted by Gasteiger charge is 2.17. The molecule has 0 unspecified atom stereocenters. The van der Waals surface area contributed by atoms with Crippen molar-refractivity contribution in [2.45, 2.75) is 6.54 Å². The van der Waals surface area contributed by atoms with Crippen molar-refractivity contribution >= 4 is 48.9 Å². The van der Waals surface area contributed by atoms with Crippen LogP contribution in [-0.4, -0.2) is 45.5 Å². The molecule has 0 saturated carbocycles. The summed E-state index contributed by atoms with van der Waals surface area (Å²) >= 11 is 2.82. The molecule has 1 aliphatic rings.